The number of para-hydroxylation sites is 1. The van der Waals surface area contributed by atoms with Gasteiger partial charge < -0.3 is 10.6 Å². The molecule has 0 bridgehead atoms. The third-order valence-electron chi connectivity index (χ3n) is 3.46. The highest BCUT2D eigenvalue weighted by atomic mass is 15.1. The first-order chi connectivity index (χ1) is 10.2. The van der Waals surface area contributed by atoms with Crippen LogP contribution in [-0.4, -0.2) is 16.5 Å². The smallest absolute Gasteiger partial charge is 0.224 e. The molecule has 0 amide bonds. The van der Waals surface area contributed by atoms with Gasteiger partial charge in [0.15, 0.2) is 0 Å². The van der Waals surface area contributed by atoms with Crippen molar-refractivity contribution in [3.63, 3.8) is 0 Å². The molecule has 0 aliphatic carbocycles. The molecule has 1 aromatic heterocycles. The van der Waals surface area contributed by atoms with Crippen LogP contribution >= 0.6 is 0 Å². The van der Waals surface area contributed by atoms with E-state index < -0.39 is 0 Å². The number of aryl methyl sites for hydroxylation is 2. The Morgan fingerprint density at radius 3 is 2.76 bits per heavy atom. The largest absolute Gasteiger partial charge is 0.354 e. The molecule has 0 atom stereocenters. The second-order valence-electron chi connectivity index (χ2n) is 5.13. The van der Waals surface area contributed by atoms with Gasteiger partial charge in [-0.1, -0.05) is 38.5 Å². The lowest BCUT2D eigenvalue weighted by atomic mass is 10.1. The molecule has 1 aromatic carbocycles. The fourth-order valence-corrected chi connectivity index (χ4v) is 2.22. The van der Waals surface area contributed by atoms with E-state index in [2.05, 4.69) is 59.6 Å². The van der Waals surface area contributed by atoms with E-state index in [1.807, 2.05) is 6.07 Å². The van der Waals surface area contributed by atoms with Crippen LogP contribution in [0, 0.1) is 6.92 Å². The van der Waals surface area contributed by atoms with Crippen molar-refractivity contribution >= 4 is 17.5 Å². The zero-order valence-electron chi connectivity index (χ0n) is 13.1. The summed E-state index contributed by atoms with van der Waals surface area (Å²) in [6.45, 7) is 7.36. The molecular weight excluding hydrogens is 260 g/mol. The standard InChI is InChI=1S/C17H24N4/c1-4-6-11-18-17-19-12-10-15(21-17)20-16-13(3)8-7-9-14(16)5-2/h7-10,12H,4-6,11H2,1-3H3,(H2,18,19,20,21). The van der Waals surface area contributed by atoms with E-state index in [-0.39, 0.29) is 0 Å². The number of rotatable bonds is 7. The zero-order valence-corrected chi connectivity index (χ0v) is 13.1. The minimum atomic E-state index is 0.681. The normalized spacial score (nSPS) is 10.4. The Labute approximate surface area is 127 Å². The maximum Gasteiger partial charge on any atom is 0.224 e. The molecule has 0 fully saturated rings. The fraction of sp³-hybridized carbons (Fsp3) is 0.412. The number of anilines is 3. The van der Waals surface area contributed by atoms with Crippen LogP contribution in [0.5, 0.6) is 0 Å². The number of unbranched alkanes of at least 4 members (excludes halogenated alkanes) is 1. The molecule has 0 aliphatic rings. The first-order valence-electron chi connectivity index (χ1n) is 7.67. The molecule has 4 heteroatoms. The van der Waals surface area contributed by atoms with Crippen LogP contribution in [0.2, 0.25) is 0 Å². The second kappa shape index (κ2) is 7.62. The van der Waals surface area contributed by atoms with Crippen molar-refractivity contribution in [2.45, 2.75) is 40.0 Å². The lowest BCUT2D eigenvalue weighted by Gasteiger charge is -2.14. The third kappa shape index (κ3) is 4.18. The SMILES string of the molecule is CCCCNc1nccc(Nc2c(C)cccc2CC)n1. The summed E-state index contributed by atoms with van der Waals surface area (Å²) in [6.07, 6.45) is 5.07. The maximum atomic E-state index is 4.52. The minimum absolute atomic E-state index is 0.681. The van der Waals surface area contributed by atoms with Gasteiger partial charge >= 0.3 is 0 Å². The van der Waals surface area contributed by atoms with Gasteiger partial charge in [-0.25, -0.2) is 4.98 Å². The van der Waals surface area contributed by atoms with E-state index in [9.17, 15) is 0 Å². The molecule has 0 saturated heterocycles. The predicted molar refractivity (Wildman–Crippen MR) is 89.3 cm³/mol. The van der Waals surface area contributed by atoms with Gasteiger partial charge in [0.2, 0.25) is 5.95 Å². The van der Waals surface area contributed by atoms with Crippen LogP contribution in [0.15, 0.2) is 30.5 Å². The van der Waals surface area contributed by atoms with Crippen molar-refractivity contribution in [3.05, 3.63) is 41.6 Å². The molecule has 0 saturated carbocycles. The van der Waals surface area contributed by atoms with Gasteiger partial charge in [-0.3, -0.25) is 0 Å². The van der Waals surface area contributed by atoms with Crippen molar-refractivity contribution in [1.29, 1.82) is 0 Å². The lowest BCUT2D eigenvalue weighted by Crippen LogP contribution is -2.07. The molecule has 21 heavy (non-hydrogen) atoms. The summed E-state index contributed by atoms with van der Waals surface area (Å²) in [6, 6.07) is 8.26. The molecule has 112 valence electrons. The third-order valence-corrected chi connectivity index (χ3v) is 3.46. The highest BCUT2D eigenvalue weighted by Crippen LogP contribution is 2.24. The van der Waals surface area contributed by atoms with E-state index in [4.69, 9.17) is 0 Å². The summed E-state index contributed by atoms with van der Waals surface area (Å²) >= 11 is 0. The van der Waals surface area contributed by atoms with Gasteiger partial charge in [-0.2, -0.15) is 4.98 Å². The first-order valence-corrected chi connectivity index (χ1v) is 7.67. The Kier molecular flexibility index (Phi) is 5.55. The van der Waals surface area contributed by atoms with Crippen molar-refractivity contribution in [1.82, 2.24) is 9.97 Å². The number of aromatic nitrogens is 2. The van der Waals surface area contributed by atoms with Crippen molar-refractivity contribution in [2.24, 2.45) is 0 Å². The van der Waals surface area contributed by atoms with Crippen LogP contribution in [0.4, 0.5) is 17.5 Å². The number of nitrogens with zero attached hydrogens (tertiary/aromatic N) is 2. The second-order valence-corrected chi connectivity index (χ2v) is 5.13. The highest BCUT2D eigenvalue weighted by Gasteiger charge is 2.06. The van der Waals surface area contributed by atoms with E-state index in [0.717, 1.165) is 37.3 Å². The summed E-state index contributed by atoms with van der Waals surface area (Å²) in [4.78, 5) is 8.78. The number of benzene rings is 1. The van der Waals surface area contributed by atoms with E-state index >= 15 is 0 Å². The molecule has 1 heterocycles. The Balaban J connectivity index is 2.14. The molecule has 0 spiro atoms. The quantitative estimate of drug-likeness (QED) is 0.744. The van der Waals surface area contributed by atoms with Gasteiger partial charge in [0, 0.05) is 18.4 Å². The molecule has 2 rings (SSSR count). The fourth-order valence-electron chi connectivity index (χ4n) is 2.22. The topological polar surface area (TPSA) is 49.8 Å². The first kappa shape index (κ1) is 15.3. The number of hydrogen-bond donors (Lipinski definition) is 2. The summed E-state index contributed by atoms with van der Waals surface area (Å²) in [5.41, 5.74) is 3.68. The van der Waals surface area contributed by atoms with Crippen LogP contribution in [0.1, 0.15) is 37.8 Å². The summed E-state index contributed by atoms with van der Waals surface area (Å²) in [5.74, 6) is 1.51. The van der Waals surface area contributed by atoms with Crippen LogP contribution in [-0.2, 0) is 6.42 Å². The van der Waals surface area contributed by atoms with E-state index in [1.165, 1.54) is 11.1 Å². The molecule has 4 nitrogen and oxygen atoms in total. The van der Waals surface area contributed by atoms with Crippen molar-refractivity contribution in [2.75, 3.05) is 17.2 Å². The maximum absolute atomic E-state index is 4.52. The number of nitrogens with one attached hydrogen (secondary N) is 2. The number of hydrogen-bond acceptors (Lipinski definition) is 4. The zero-order chi connectivity index (χ0) is 15.1. The van der Waals surface area contributed by atoms with E-state index in [1.54, 1.807) is 6.20 Å². The molecule has 2 N–H and O–H groups in total. The van der Waals surface area contributed by atoms with Crippen molar-refractivity contribution < 1.29 is 0 Å². The van der Waals surface area contributed by atoms with Gasteiger partial charge in [-0.05, 0) is 37.0 Å². The minimum Gasteiger partial charge on any atom is -0.354 e. The van der Waals surface area contributed by atoms with Gasteiger partial charge in [0.25, 0.3) is 0 Å². The van der Waals surface area contributed by atoms with Gasteiger partial charge in [-0.15, -0.1) is 0 Å². The van der Waals surface area contributed by atoms with Crippen LogP contribution < -0.4 is 10.6 Å². The van der Waals surface area contributed by atoms with Crippen LogP contribution in [0.3, 0.4) is 0 Å². The van der Waals surface area contributed by atoms with Crippen LogP contribution in [0.25, 0.3) is 0 Å². The molecule has 2 aromatic rings. The molecule has 0 radical (unpaired) electrons. The van der Waals surface area contributed by atoms with Gasteiger partial charge in [0.1, 0.15) is 5.82 Å². The lowest BCUT2D eigenvalue weighted by molar-refractivity contribution is 0.826. The monoisotopic (exact) mass is 284 g/mol. The Bertz CT molecular complexity index is 581. The molecular formula is C17H24N4. The van der Waals surface area contributed by atoms with Crippen molar-refractivity contribution in [3.8, 4) is 0 Å². The summed E-state index contributed by atoms with van der Waals surface area (Å²) in [5, 5.41) is 6.68. The summed E-state index contributed by atoms with van der Waals surface area (Å²) < 4.78 is 0. The molecule has 0 unspecified atom stereocenters. The Hall–Kier alpha value is -2.10. The Morgan fingerprint density at radius 2 is 2.00 bits per heavy atom. The average molecular weight is 284 g/mol. The Morgan fingerprint density at radius 1 is 1.14 bits per heavy atom. The summed E-state index contributed by atoms with van der Waals surface area (Å²) in [7, 11) is 0. The average Bonchev–Trinajstić information content (AvgIpc) is 2.50. The molecule has 0 aliphatic heterocycles. The predicted octanol–water partition coefficient (Wildman–Crippen LogP) is 4.30. The highest BCUT2D eigenvalue weighted by molar-refractivity contribution is 5.65. The van der Waals surface area contributed by atoms with E-state index in [0.29, 0.717) is 5.95 Å². The van der Waals surface area contributed by atoms with Gasteiger partial charge in [0.05, 0.1) is 0 Å².